The minimum atomic E-state index is 0.761. The molecule has 20 heavy (non-hydrogen) atoms. The molecule has 1 aliphatic rings. The van der Waals surface area contributed by atoms with E-state index in [1.165, 1.54) is 18.4 Å². The third kappa shape index (κ3) is 3.33. The molecule has 5 heteroatoms. The average molecular weight is 333 g/mol. The van der Waals surface area contributed by atoms with Gasteiger partial charge in [-0.15, -0.1) is 0 Å². The van der Waals surface area contributed by atoms with Crippen molar-refractivity contribution < 1.29 is 0 Å². The van der Waals surface area contributed by atoms with Gasteiger partial charge in [0.15, 0.2) is 0 Å². The normalized spacial score (nSPS) is 16.4. The second-order valence-electron chi connectivity index (χ2n) is 5.19. The number of aromatic nitrogens is 3. The summed E-state index contributed by atoms with van der Waals surface area (Å²) < 4.78 is 0.786. The van der Waals surface area contributed by atoms with E-state index in [1.54, 1.807) is 6.20 Å². The first-order chi connectivity index (χ1) is 9.81. The van der Waals surface area contributed by atoms with Crippen molar-refractivity contribution in [1.29, 1.82) is 0 Å². The fourth-order valence-electron chi connectivity index (χ4n) is 2.69. The average Bonchev–Trinajstić information content (AvgIpc) is 2.50. The maximum absolute atomic E-state index is 4.42. The minimum absolute atomic E-state index is 0.761. The number of hydrogen-bond donors (Lipinski definition) is 0. The van der Waals surface area contributed by atoms with Crippen molar-refractivity contribution in [2.45, 2.75) is 19.3 Å². The molecule has 0 unspecified atom stereocenters. The van der Waals surface area contributed by atoms with Gasteiger partial charge >= 0.3 is 0 Å². The first-order valence-electron chi connectivity index (χ1n) is 6.92. The Morgan fingerprint density at radius 2 is 1.85 bits per heavy atom. The van der Waals surface area contributed by atoms with Gasteiger partial charge < -0.3 is 4.90 Å². The van der Waals surface area contributed by atoms with Crippen LogP contribution in [0.2, 0.25) is 0 Å². The van der Waals surface area contributed by atoms with Crippen LogP contribution in [-0.4, -0.2) is 28.0 Å². The summed E-state index contributed by atoms with van der Waals surface area (Å²) in [5.41, 5.74) is 1.39. The maximum atomic E-state index is 4.42. The molecule has 2 aromatic rings. The quantitative estimate of drug-likeness (QED) is 0.866. The van der Waals surface area contributed by atoms with Crippen LogP contribution >= 0.6 is 15.9 Å². The van der Waals surface area contributed by atoms with Gasteiger partial charge in [-0.3, -0.25) is 4.98 Å². The van der Waals surface area contributed by atoms with Gasteiger partial charge in [0.05, 0.1) is 12.4 Å². The molecule has 0 radical (unpaired) electrons. The van der Waals surface area contributed by atoms with Crippen LogP contribution in [0.4, 0.5) is 5.82 Å². The SMILES string of the molecule is Brc1cnc(N2CCC(Cc3ccncc3)CC2)cn1. The number of nitrogens with zero attached hydrogens (tertiary/aromatic N) is 4. The first-order valence-corrected chi connectivity index (χ1v) is 7.72. The molecule has 1 saturated heterocycles. The summed E-state index contributed by atoms with van der Waals surface area (Å²) in [6.45, 7) is 2.12. The van der Waals surface area contributed by atoms with E-state index in [2.05, 4.69) is 47.9 Å². The zero-order chi connectivity index (χ0) is 13.8. The summed E-state index contributed by atoms with van der Waals surface area (Å²) >= 11 is 3.32. The second-order valence-corrected chi connectivity index (χ2v) is 6.00. The fraction of sp³-hybridized carbons (Fsp3) is 0.400. The van der Waals surface area contributed by atoms with Gasteiger partial charge in [-0.2, -0.15) is 0 Å². The molecule has 0 bridgehead atoms. The Hall–Kier alpha value is -1.49. The molecule has 0 saturated carbocycles. The van der Waals surface area contributed by atoms with Gasteiger partial charge in [-0.1, -0.05) is 0 Å². The van der Waals surface area contributed by atoms with Crippen LogP contribution in [0.3, 0.4) is 0 Å². The number of rotatable bonds is 3. The highest BCUT2D eigenvalue weighted by Crippen LogP contribution is 2.24. The number of pyridine rings is 1. The third-order valence-electron chi connectivity index (χ3n) is 3.82. The highest BCUT2D eigenvalue weighted by atomic mass is 79.9. The lowest BCUT2D eigenvalue weighted by atomic mass is 9.90. The molecular weight excluding hydrogens is 316 g/mol. The zero-order valence-electron chi connectivity index (χ0n) is 11.2. The first kappa shape index (κ1) is 13.5. The van der Waals surface area contributed by atoms with E-state index in [0.717, 1.165) is 35.8 Å². The Morgan fingerprint density at radius 1 is 1.10 bits per heavy atom. The second kappa shape index (κ2) is 6.31. The van der Waals surface area contributed by atoms with Gasteiger partial charge in [0.25, 0.3) is 0 Å². The number of halogens is 1. The standard InChI is InChI=1S/C15H17BrN4/c16-14-10-19-15(11-18-14)20-7-3-13(4-8-20)9-12-1-5-17-6-2-12/h1-2,5-6,10-11,13H,3-4,7-9H2. The maximum Gasteiger partial charge on any atom is 0.147 e. The highest BCUT2D eigenvalue weighted by molar-refractivity contribution is 9.10. The largest absolute Gasteiger partial charge is 0.355 e. The van der Waals surface area contributed by atoms with Crippen LogP contribution in [0.5, 0.6) is 0 Å². The van der Waals surface area contributed by atoms with Crippen molar-refractivity contribution in [2.75, 3.05) is 18.0 Å². The molecule has 3 rings (SSSR count). The van der Waals surface area contributed by atoms with Crippen LogP contribution in [0, 0.1) is 5.92 Å². The minimum Gasteiger partial charge on any atom is -0.355 e. The Kier molecular flexibility index (Phi) is 4.25. The molecule has 1 aliphatic heterocycles. The monoisotopic (exact) mass is 332 g/mol. The Bertz CT molecular complexity index is 536. The highest BCUT2D eigenvalue weighted by Gasteiger charge is 2.20. The van der Waals surface area contributed by atoms with Gasteiger partial charge in [0.1, 0.15) is 10.4 Å². The lowest BCUT2D eigenvalue weighted by Gasteiger charge is -2.32. The molecule has 104 valence electrons. The van der Waals surface area contributed by atoms with E-state index < -0.39 is 0 Å². The summed E-state index contributed by atoms with van der Waals surface area (Å²) in [6, 6.07) is 4.24. The summed E-state index contributed by atoms with van der Waals surface area (Å²) in [5.74, 6) is 1.74. The number of piperidine rings is 1. The van der Waals surface area contributed by atoms with Crippen LogP contribution in [0.15, 0.2) is 41.5 Å². The van der Waals surface area contributed by atoms with Gasteiger partial charge in [0.2, 0.25) is 0 Å². The molecule has 1 fully saturated rings. The van der Waals surface area contributed by atoms with Crippen molar-refractivity contribution in [1.82, 2.24) is 15.0 Å². The van der Waals surface area contributed by atoms with Gasteiger partial charge in [0, 0.05) is 25.5 Å². The third-order valence-corrected chi connectivity index (χ3v) is 4.23. The number of anilines is 1. The van der Waals surface area contributed by atoms with Crippen molar-refractivity contribution in [3.63, 3.8) is 0 Å². The summed E-state index contributed by atoms with van der Waals surface area (Å²) in [4.78, 5) is 15.1. The van der Waals surface area contributed by atoms with Crippen LogP contribution in [0.25, 0.3) is 0 Å². The molecule has 0 amide bonds. The molecule has 4 nitrogen and oxygen atoms in total. The Labute approximate surface area is 127 Å². The molecule has 0 aromatic carbocycles. The predicted octanol–water partition coefficient (Wildman–Crippen LogP) is 3.09. The zero-order valence-corrected chi connectivity index (χ0v) is 12.8. The van der Waals surface area contributed by atoms with E-state index in [1.807, 2.05) is 18.6 Å². The van der Waals surface area contributed by atoms with Gasteiger partial charge in [-0.25, -0.2) is 9.97 Å². The fourth-order valence-corrected chi connectivity index (χ4v) is 2.89. The van der Waals surface area contributed by atoms with E-state index in [9.17, 15) is 0 Å². The van der Waals surface area contributed by atoms with E-state index >= 15 is 0 Å². The lowest BCUT2D eigenvalue weighted by Crippen LogP contribution is -2.34. The molecule has 0 atom stereocenters. The van der Waals surface area contributed by atoms with Crippen LogP contribution < -0.4 is 4.90 Å². The van der Waals surface area contributed by atoms with Gasteiger partial charge in [-0.05, 0) is 58.8 Å². The smallest absolute Gasteiger partial charge is 0.147 e. The lowest BCUT2D eigenvalue weighted by molar-refractivity contribution is 0.402. The van der Waals surface area contributed by atoms with Crippen LogP contribution in [-0.2, 0) is 6.42 Å². The van der Waals surface area contributed by atoms with E-state index in [0.29, 0.717) is 0 Å². The molecule has 0 aliphatic carbocycles. The predicted molar refractivity (Wildman–Crippen MR) is 82.6 cm³/mol. The van der Waals surface area contributed by atoms with E-state index in [-0.39, 0.29) is 0 Å². The summed E-state index contributed by atoms with van der Waals surface area (Å²) in [5, 5.41) is 0. The van der Waals surface area contributed by atoms with E-state index in [4.69, 9.17) is 0 Å². The molecule has 0 spiro atoms. The topological polar surface area (TPSA) is 41.9 Å². The summed E-state index contributed by atoms with van der Waals surface area (Å²) in [7, 11) is 0. The molecular formula is C15H17BrN4. The molecule has 2 aromatic heterocycles. The van der Waals surface area contributed by atoms with Crippen molar-refractivity contribution in [3.8, 4) is 0 Å². The molecule has 3 heterocycles. The van der Waals surface area contributed by atoms with Crippen molar-refractivity contribution >= 4 is 21.7 Å². The van der Waals surface area contributed by atoms with Crippen molar-refractivity contribution in [3.05, 3.63) is 47.1 Å². The number of hydrogen-bond acceptors (Lipinski definition) is 4. The Morgan fingerprint density at radius 3 is 2.50 bits per heavy atom. The Balaban J connectivity index is 1.55. The molecule has 0 N–H and O–H groups in total. The van der Waals surface area contributed by atoms with Crippen molar-refractivity contribution in [2.24, 2.45) is 5.92 Å². The van der Waals surface area contributed by atoms with Crippen LogP contribution in [0.1, 0.15) is 18.4 Å². The summed E-state index contributed by atoms with van der Waals surface area (Å²) in [6.07, 6.45) is 10.9.